The van der Waals surface area contributed by atoms with Gasteiger partial charge in [-0.15, -0.1) is 0 Å². The van der Waals surface area contributed by atoms with Gasteiger partial charge in [-0.25, -0.2) is 9.97 Å². The number of ether oxygens (including phenoxy) is 2. The monoisotopic (exact) mass is 516 g/mol. The first-order valence-electron chi connectivity index (χ1n) is 11.1. The van der Waals surface area contributed by atoms with E-state index < -0.39 is 28.9 Å². The summed E-state index contributed by atoms with van der Waals surface area (Å²) >= 11 is 0. The predicted octanol–water partition coefficient (Wildman–Crippen LogP) is 3.31. The fourth-order valence-corrected chi connectivity index (χ4v) is 3.39. The lowest BCUT2D eigenvalue weighted by Crippen LogP contribution is -2.48. The number of halogens is 3. The van der Waals surface area contributed by atoms with Gasteiger partial charge in [0.25, 0.3) is 5.91 Å². The molecule has 3 aromatic rings. The molecular formula is C24H23F3N6O4. The normalized spacial score (nSPS) is 13.9. The summed E-state index contributed by atoms with van der Waals surface area (Å²) in [5.74, 6) is -0.732. The number of methoxy groups -OCH3 is 1. The summed E-state index contributed by atoms with van der Waals surface area (Å²) in [6.07, 6.45) is 0.292. The number of amides is 2. The maximum absolute atomic E-state index is 13.4. The summed E-state index contributed by atoms with van der Waals surface area (Å²) in [6, 6.07) is 6.34. The third kappa shape index (κ3) is 6.05. The minimum atomic E-state index is -4.64. The lowest BCUT2D eigenvalue weighted by molar-refractivity contribution is -0.138. The molecule has 2 aromatic heterocycles. The van der Waals surface area contributed by atoms with Crippen LogP contribution in [0.15, 0.2) is 48.9 Å². The van der Waals surface area contributed by atoms with Crippen molar-refractivity contribution in [3.63, 3.8) is 0 Å². The second-order valence-corrected chi connectivity index (χ2v) is 8.21. The van der Waals surface area contributed by atoms with E-state index in [0.29, 0.717) is 24.5 Å². The zero-order chi connectivity index (χ0) is 26.6. The molecule has 0 spiro atoms. The molecule has 2 amide bonds. The average molecular weight is 516 g/mol. The minimum absolute atomic E-state index is 0.0487. The van der Waals surface area contributed by atoms with Crippen molar-refractivity contribution < 1.29 is 32.2 Å². The lowest BCUT2D eigenvalue weighted by atomic mass is 10.2. The van der Waals surface area contributed by atoms with E-state index in [4.69, 9.17) is 9.47 Å². The van der Waals surface area contributed by atoms with Crippen molar-refractivity contribution in [3.8, 4) is 17.2 Å². The van der Waals surface area contributed by atoms with Crippen LogP contribution < -0.4 is 25.4 Å². The summed E-state index contributed by atoms with van der Waals surface area (Å²) in [5, 5.41) is 8.20. The Morgan fingerprint density at radius 2 is 1.73 bits per heavy atom. The van der Waals surface area contributed by atoms with Crippen molar-refractivity contribution in [2.24, 2.45) is 0 Å². The summed E-state index contributed by atoms with van der Waals surface area (Å²) < 4.78 is 50.4. The van der Waals surface area contributed by atoms with Crippen LogP contribution in [0, 0.1) is 0 Å². The number of aromatic nitrogens is 3. The standard InChI is InChI=1S/C24H23F3N6O4/c1-28-22-31-10-14(11-32-22)20(34)33-23(7-8-23)21(35)30-12-15-3-4-17(13-29-15)37-19-6-5-16(36-2)9-18(19)24(25,26)27/h3-6,9-11,13H,7-8,12H2,1-2H3,(H,30,35)(H,33,34)(H,28,31,32). The van der Waals surface area contributed by atoms with Crippen molar-refractivity contribution in [2.75, 3.05) is 19.5 Å². The third-order valence-corrected chi connectivity index (χ3v) is 5.62. The number of carbonyl (C=O) groups is 2. The molecule has 37 heavy (non-hydrogen) atoms. The Morgan fingerprint density at radius 3 is 2.30 bits per heavy atom. The maximum atomic E-state index is 13.4. The number of carbonyl (C=O) groups excluding carboxylic acids is 2. The Bertz CT molecular complexity index is 1280. The summed E-state index contributed by atoms with van der Waals surface area (Å²) in [7, 11) is 2.92. The number of nitrogens with zero attached hydrogens (tertiary/aromatic N) is 3. The van der Waals surface area contributed by atoms with E-state index in [1.54, 1.807) is 7.05 Å². The van der Waals surface area contributed by atoms with Crippen LogP contribution in [0.4, 0.5) is 19.1 Å². The average Bonchev–Trinajstić information content (AvgIpc) is 3.68. The third-order valence-electron chi connectivity index (χ3n) is 5.62. The number of benzene rings is 1. The fourth-order valence-electron chi connectivity index (χ4n) is 3.39. The lowest BCUT2D eigenvalue weighted by Gasteiger charge is -2.17. The molecule has 3 N–H and O–H groups in total. The molecule has 0 unspecified atom stereocenters. The minimum Gasteiger partial charge on any atom is -0.497 e. The number of nitrogens with one attached hydrogen (secondary N) is 3. The molecule has 0 aliphatic heterocycles. The maximum Gasteiger partial charge on any atom is 0.420 e. The first kappa shape index (κ1) is 25.7. The van der Waals surface area contributed by atoms with Crippen molar-refractivity contribution in [1.29, 1.82) is 0 Å². The highest BCUT2D eigenvalue weighted by Crippen LogP contribution is 2.40. The van der Waals surface area contributed by atoms with Crippen LogP contribution in [0.3, 0.4) is 0 Å². The van der Waals surface area contributed by atoms with Gasteiger partial charge in [0.2, 0.25) is 11.9 Å². The van der Waals surface area contributed by atoms with Gasteiger partial charge in [-0.1, -0.05) is 0 Å². The molecule has 0 bridgehead atoms. The molecule has 4 rings (SSSR count). The zero-order valence-corrected chi connectivity index (χ0v) is 19.8. The fraction of sp³-hybridized carbons (Fsp3) is 0.292. The molecule has 194 valence electrons. The molecule has 1 aliphatic rings. The van der Waals surface area contributed by atoms with Gasteiger partial charge in [0, 0.05) is 19.4 Å². The van der Waals surface area contributed by atoms with Crippen LogP contribution in [0.1, 0.15) is 34.5 Å². The molecule has 1 aliphatic carbocycles. The molecule has 10 nitrogen and oxygen atoms in total. The molecule has 1 saturated carbocycles. The quantitative estimate of drug-likeness (QED) is 0.395. The van der Waals surface area contributed by atoms with E-state index in [1.165, 1.54) is 50.0 Å². The summed E-state index contributed by atoms with van der Waals surface area (Å²) in [5.41, 5.74) is -1.33. The number of pyridine rings is 1. The number of hydrogen-bond donors (Lipinski definition) is 3. The van der Waals surface area contributed by atoms with Crippen molar-refractivity contribution in [3.05, 3.63) is 65.7 Å². The number of alkyl halides is 3. The van der Waals surface area contributed by atoms with E-state index in [9.17, 15) is 22.8 Å². The number of hydrogen-bond acceptors (Lipinski definition) is 8. The Morgan fingerprint density at radius 1 is 1.03 bits per heavy atom. The van der Waals surface area contributed by atoms with Crippen LogP contribution in [-0.4, -0.2) is 46.5 Å². The van der Waals surface area contributed by atoms with E-state index in [-0.39, 0.29) is 29.5 Å². The van der Waals surface area contributed by atoms with E-state index >= 15 is 0 Å². The van der Waals surface area contributed by atoms with Crippen molar-refractivity contribution in [2.45, 2.75) is 31.1 Å². The SMILES string of the molecule is CNc1ncc(C(=O)NC2(C(=O)NCc3ccc(Oc4ccc(OC)cc4C(F)(F)F)cn3)CC2)cn1. The van der Waals surface area contributed by atoms with Gasteiger partial charge in [-0.2, -0.15) is 13.2 Å². The molecule has 2 heterocycles. The number of rotatable bonds is 9. The molecule has 13 heteroatoms. The molecule has 0 atom stereocenters. The highest BCUT2D eigenvalue weighted by Gasteiger charge is 2.51. The van der Waals surface area contributed by atoms with Crippen LogP contribution in [0.5, 0.6) is 17.2 Å². The van der Waals surface area contributed by atoms with Gasteiger partial charge in [0.05, 0.1) is 31.1 Å². The Kier molecular flexibility index (Phi) is 7.14. The highest BCUT2D eigenvalue weighted by molar-refractivity contribution is 6.00. The van der Waals surface area contributed by atoms with Crippen LogP contribution in [0.2, 0.25) is 0 Å². The van der Waals surface area contributed by atoms with Gasteiger partial charge in [0.1, 0.15) is 28.4 Å². The van der Waals surface area contributed by atoms with E-state index in [1.807, 2.05) is 0 Å². The molecule has 1 fully saturated rings. The molecular weight excluding hydrogens is 493 g/mol. The highest BCUT2D eigenvalue weighted by atomic mass is 19.4. The van der Waals surface area contributed by atoms with Gasteiger partial charge in [-0.05, 0) is 43.2 Å². The van der Waals surface area contributed by atoms with Gasteiger partial charge < -0.3 is 25.4 Å². The Labute approximate surface area is 209 Å². The second-order valence-electron chi connectivity index (χ2n) is 8.21. The van der Waals surface area contributed by atoms with Crippen molar-refractivity contribution >= 4 is 17.8 Å². The van der Waals surface area contributed by atoms with Crippen LogP contribution in [-0.2, 0) is 17.5 Å². The summed E-state index contributed by atoms with van der Waals surface area (Å²) in [4.78, 5) is 37.3. The van der Waals surface area contributed by atoms with Gasteiger partial charge >= 0.3 is 6.18 Å². The summed E-state index contributed by atoms with van der Waals surface area (Å²) in [6.45, 7) is 0.0487. The van der Waals surface area contributed by atoms with Crippen molar-refractivity contribution in [1.82, 2.24) is 25.6 Å². The second kappa shape index (κ2) is 10.3. The van der Waals surface area contributed by atoms with E-state index in [0.717, 1.165) is 6.07 Å². The smallest absolute Gasteiger partial charge is 0.420 e. The van der Waals surface area contributed by atoms with E-state index in [2.05, 4.69) is 30.9 Å². The first-order chi connectivity index (χ1) is 17.6. The van der Waals surface area contributed by atoms with Crippen LogP contribution in [0.25, 0.3) is 0 Å². The molecule has 0 saturated heterocycles. The van der Waals surface area contributed by atoms with Crippen LogP contribution >= 0.6 is 0 Å². The predicted molar refractivity (Wildman–Crippen MR) is 125 cm³/mol. The molecule has 1 aromatic carbocycles. The van der Waals surface area contributed by atoms with Gasteiger partial charge in [-0.3, -0.25) is 14.6 Å². The largest absolute Gasteiger partial charge is 0.497 e. The zero-order valence-electron chi connectivity index (χ0n) is 19.8. The van der Waals surface area contributed by atoms with Gasteiger partial charge in [0.15, 0.2) is 0 Å². The molecule has 0 radical (unpaired) electrons. The Balaban J connectivity index is 1.34. The first-order valence-corrected chi connectivity index (χ1v) is 11.1. The number of anilines is 1. The topological polar surface area (TPSA) is 127 Å². The Hall–Kier alpha value is -4.42.